The number of carbonyl (C=O) groups excluding carboxylic acids is 1. The molecule has 0 aromatic rings. The Morgan fingerprint density at radius 1 is 1.36 bits per heavy atom. The molecule has 14 heavy (non-hydrogen) atoms. The van der Waals surface area contributed by atoms with Crippen molar-refractivity contribution in [2.45, 2.75) is 31.3 Å². The number of hydrogen-bond acceptors (Lipinski definition) is 4. The van der Waals surface area contributed by atoms with Gasteiger partial charge in [0, 0.05) is 6.08 Å². The molecule has 0 saturated carbocycles. The molecule has 2 aliphatic heterocycles. The number of hydrogen-bond donors (Lipinski definition) is 1. The number of fused-ring (bicyclic) bond motifs is 1. The van der Waals surface area contributed by atoms with Gasteiger partial charge in [0.25, 0.3) is 0 Å². The second-order valence-corrected chi connectivity index (χ2v) is 3.44. The van der Waals surface area contributed by atoms with Crippen LogP contribution >= 0.6 is 0 Å². The average molecular weight is 196 g/mol. The lowest BCUT2D eigenvalue weighted by atomic mass is 10.2. The highest BCUT2D eigenvalue weighted by Crippen LogP contribution is 2.28. The van der Waals surface area contributed by atoms with E-state index in [1.807, 2.05) is 0 Å². The summed E-state index contributed by atoms with van der Waals surface area (Å²) < 4.78 is 10.3. The van der Waals surface area contributed by atoms with Gasteiger partial charge in [0.1, 0.15) is 18.3 Å². The lowest BCUT2D eigenvalue weighted by Gasteiger charge is -2.09. The van der Waals surface area contributed by atoms with Gasteiger partial charge in [0.15, 0.2) is 0 Å². The smallest absolute Gasteiger partial charge is 0.330 e. The molecule has 0 aromatic heterocycles. The predicted octanol–water partition coefficient (Wildman–Crippen LogP) is 0.172. The fourth-order valence-corrected chi connectivity index (χ4v) is 1.42. The van der Waals surface area contributed by atoms with Crippen LogP contribution in [0, 0.1) is 0 Å². The topological polar surface area (TPSA) is 59.1 Å². The van der Waals surface area contributed by atoms with E-state index in [9.17, 15) is 9.90 Å². The number of cyclic esters (lactones) is 1. The van der Waals surface area contributed by atoms with Gasteiger partial charge in [-0.1, -0.05) is 12.2 Å². The summed E-state index contributed by atoms with van der Waals surface area (Å²) in [5.74, 6) is -0.443. The molecule has 0 bridgehead atoms. The molecular formula is C10H12O4. The molecule has 1 fully saturated rings. The normalized spacial score (nSPS) is 41.4. The van der Waals surface area contributed by atoms with Gasteiger partial charge in [-0.15, -0.1) is 0 Å². The zero-order valence-electron chi connectivity index (χ0n) is 7.79. The molecule has 0 spiro atoms. The lowest BCUT2D eigenvalue weighted by Crippen LogP contribution is -2.21. The first kappa shape index (κ1) is 9.43. The molecular weight excluding hydrogens is 184 g/mol. The first-order valence-corrected chi connectivity index (χ1v) is 4.57. The van der Waals surface area contributed by atoms with Gasteiger partial charge in [0.2, 0.25) is 0 Å². The molecule has 2 rings (SSSR count). The van der Waals surface area contributed by atoms with Gasteiger partial charge >= 0.3 is 5.97 Å². The number of carbonyl (C=O) groups is 1. The van der Waals surface area contributed by atoms with Crippen LogP contribution in [0.3, 0.4) is 0 Å². The minimum Gasteiger partial charge on any atom is -0.457 e. The maximum absolute atomic E-state index is 11.1. The molecule has 2 heterocycles. The van der Waals surface area contributed by atoms with Crippen molar-refractivity contribution in [3.8, 4) is 0 Å². The van der Waals surface area contributed by atoms with Crippen molar-refractivity contribution in [2.24, 2.45) is 0 Å². The van der Waals surface area contributed by atoms with Crippen LogP contribution in [0.25, 0.3) is 0 Å². The van der Waals surface area contributed by atoms with Crippen LogP contribution in [0.4, 0.5) is 0 Å². The van der Waals surface area contributed by atoms with Crippen LogP contribution < -0.4 is 0 Å². The largest absolute Gasteiger partial charge is 0.457 e. The third kappa shape index (κ3) is 2.02. The summed E-state index contributed by atoms with van der Waals surface area (Å²) in [7, 11) is 0. The van der Waals surface area contributed by atoms with E-state index in [1.165, 1.54) is 12.2 Å². The first-order valence-electron chi connectivity index (χ1n) is 4.57. The fraction of sp³-hybridized carbons (Fsp3) is 0.500. The molecule has 4 nitrogen and oxygen atoms in total. The van der Waals surface area contributed by atoms with Gasteiger partial charge in [-0.25, -0.2) is 4.79 Å². The number of aliphatic hydroxyl groups excluding tert-OH is 1. The van der Waals surface area contributed by atoms with E-state index in [2.05, 4.69) is 0 Å². The van der Waals surface area contributed by atoms with Crippen LogP contribution in [0.15, 0.2) is 24.3 Å². The molecule has 4 atom stereocenters. The Hall–Kier alpha value is -1.13. The monoisotopic (exact) mass is 196 g/mol. The predicted molar refractivity (Wildman–Crippen MR) is 48.5 cm³/mol. The van der Waals surface area contributed by atoms with E-state index in [0.29, 0.717) is 0 Å². The highest BCUT2D eigenvalue weighted by atomic mass is 16.6. The van der Waals surface area contributed by atoms with Crippen molar-refractivity contribution in [1.82, 2.24) is 0 Å². The number of epoxide rings is 1. The van der Waals surface area contributed by atoms with Crippen LogP contribution in [0.1, 0.15) is 6.92 Å². The van der Waals surface area contributed by atoms with Crippen molar-refractivity contribution in [3.63, 3.8) is 0 Å². The summed E-state index contributed by atoms with van der Waals surface area (Å²) in [5.41, 5.74) is 0. The molecule has 0 unspecified atom stereocenters. The van der Waals surface area contributed by atoms with Gasteiger partial charge in [-0.3, -0.25) is 0 Å². The number of esters is 1. The van der Waals surface area contributed by atoms with Crippen LogP contribution in [0.5, 0.6) is 0 Å². The molecule has 4 heteroatoms. The third-order valence-electron chi connectivity index (χ3n) is 2.25. The second-order valence-electron chi connectivity index (χ2n) is 3.44. The Labute approximate surface area is 81.8 Å². The maximum atomic E-state index is 11.1. The minimum atomic E-state index is -0.749. The van der Waals surface area contributed by atoms with Crippen molar-refractivity contribution in [2.75, 3.05) is 0 Å². The average Bonchev–Trinajstić information content (AvgIpc) is 2.89. The summed E-state index contributed by atoms with van der Waals surface area (Å²) in [6, 6.07) is 0. The second kappa shape index (κ2) is 3.55. The van der Waals surface area contributed by atoms with Gasteiger partial charge in [-0.2, -0.15) is 0 Å². The maximum Gasteiger partial charge on any atom is 0.330 e. The van der Waals surface area contributed by atoms with Crippen molar-refractivity contribution >= 4 is 5.97 Å². The quantitative estimate of drug-likeness (QED) is 0.341. The molecule has 76 valence electrons. The van der Waals surface area contributed by atoms with Crippen LogP contribution in [0.2, 0.25) is 0 Å². The molecule has 0 amide bonds. The van der Waals surface area contributed by atoms with Gasteiger partial charge in [-0.05, 0) is 13.0 Å². The van der Waals surface area contributed by atoms with E-state index in [-0.39, 0.29) is 18.3 Å². The van der Waals surface area contributed by atoms with Crippen molar-refractivity contribution < 1.29 is 19.4 Å². The lowest BCUT2D eigenvalue weighted by molar-refractivity contribution is -0.143. The molecule has 2 aliphatic rings. The zero-order chi connectivity index (χ0) is 10.1. The highest BCUT2D eigenvalue weighted by molar-refractivity contribution is 5.82. The van der Waals surface area contributed by atoms with E-state index >= 15 is 0 Å². The van der Waals surface area contributed by atoms with Crippen molar-refractivity contribution in [3.05, 3.63) is 24.3 Å². The van der Waals surface area contributed by atoms with Gasteiger partial charge in [0.05, 0.1) is 6.10 Å². The Bertz CT molecular complexity index is 294. The van der Waals surface area contributed by atoms with E-state index < -0.39 is 12.1 Å². The minimum absolute atomic E-state index is 0.0288. The first-order chi connectivity index (χ1) is 6.66. The molecule has 1 N–H and O–H groups in total. The van der Waals surface area contributed by atoms with Crippen LogP contribution in [-0.4, -0.2) is 35.5 Å². The van der Waals surface area contributed by atoms with Crippen molar-refractivity contribution in [1.29, 1.82) is 0 Å². The van der Waals surface area contributed by atoms with E-state index in [0.717, 1.165) is 0 Å². The Morgan fingerprint density at radius 3 is 2.93 bits per heavy atom. The molecule has 0 aliphatic carbocycles. The summed E-state index contributed by atoms with van der Waals surface area (Å²) in [4.78, 5) is 11.1. The van der Waals surface area contributed by atoms with Gasteiger partial charge < -0.3 is 14.6 Å². The Balaban J connectivity index is 2.11. The highest BCUT2D eigenvalue weighted by Gasteiger charge is 2.43. The summed E-state index contributed by atoms with van der Waals surface area (Å²) in [6.45, 7) is 1.79. The summed E-state index contributed by atoms with van der Waals surface area (Å²) in [6.07, 6.45) is 4.93. The number of aliphatic hydroxyl groups is 1. The number of ether oxygens (including phenoxy) is 2. The Kier molecular flexibility index (Phi) is 2.39. The molecule has 0 aromatic carbocycles. The molecule has 1 saturated heterocycles. The third-order valence-corrected chi connectivity index (χ3v) is 2.25. The summed E-state index contributed by atoms with van der Waals surface area (Å²) >= 11 is 0. The Morgan fingerprint density at radius 2 is 2.14 bits per heavy atom. The molecule has 0 radical (unpaired) electrons. The van der Waals surface area contributed by atoms with E-state index in [1.54, 1.807) is 19.1 Å². The number of rotatable bonds is 0. The zero-order valence-corrected chi connectivity index (χ0v) is 7.79. The van der Waals surface area contributed by atoms with Crippen LogP contribution in [-0.2, 0) is 14.3 Å². The standard InChI is InChI=1S/C10H12O4/c1-6-10-8(14-10)4-2-7(11)3-5-9(12)13-6/h2-8,10-11H,1H3/t6-,7+,8-,10+/m1/s1. The SMILES string of the molecule is C[C@H]1OC(=O)C=C[C@@H](O)C=C[C@H]2O[C@@H]12. The van der Waals surface area contributed by atoms with E-state index in [4.69, 9.17) is 9.47 Å². The fourth-order valence-electron chi connectivity index (χ4n) is 1.42. The summed E-state index contributed by atoms with van der Waals surface area (Å²) in [5, 5.41) is 9.31.